The van der Waals surface area contributed by atoms with Crippen LogP contribution in [0.3, 0.4) is 0 Å². The van der Waals surface area contributed by atoms with E-state index in [9.17, 15) is 8.42 Å². The third kappa shape index (κ3) is 3.59. The van der Waals surface area contributed by atoms with E-state index in [0.29, 0.717) is 13.1 Å². The van der Waals surface area contributed by atoms with Crippen molar-refractivity contribution in [3.63, 3.8) is 0 Å². The summed E-state index contributed by atoms with van der Waals surface area (Å²) in [6.07, 6.45) is 1.83. The summed E-state index contributed by atoms with van der Waals surface area (Å²) in [5.41, 5.74) is 3.09. The molecule has 2 heterocycles. The number of hydrogen-bond donors (Lipinski definition) is 0. The molecule has 1 aromatic heterocycles. The van der Waals surface area contributed by atoms with Gasteiger partial charge < -0.3 is 4.74 Å². The van der Waals surface area contributed by atoms with Gasteiger partial charge in [0.05, 0.1) is 18.6 Å². The number of piperazine rings is 1. The van der Waals surface area contributed by atoms with Crippen molar-refractivity contribution < 1.29 is 13.2 Å². The van der Waals surface area contributed by atoms with Crippen molar-refractivity contribution in [1.82, 2.24) is 14.2 Å². The van der Waals surface area contributed by atoms with Gasteiger partial charge in [0.15, 0.2) is 0 Å². The third-order valence-electron chi connectivity index (χ3n) is 4.21. The molecule has 0 unspecified atom stereocenters. The Labute approximate surface area is 133 Å². The Bertz CT molecular complexity index is 623. The summed E-state index contributed by atoms with van der Waals surface area (Å²) in [6, 6.07) is 0. The highest BCUT2D eigenvalue weighted by Crippen LogP contribution is 2.25. The lowest BCUT2D eigenvalue weighted by Crippen LogP contribution is -2.48. The van der Waals surface area contributed by atoms with E-state index < -0.39 is 10.0 Å². The molecule has 0 aromatic carbocycles. The molecule has 1 aromatic rings. The zero-order valence-corrected chi connectivity index (χ0v) is 14.6. The molecule has 0 radical (unpaired) electrons. The van der Waals surface area contributed by atoms with E-state index >= 15 is 0 Å². The topological polar surface area (TPSA) is 62.7 Å². The number of ether oxygens (including phenoxy) is 1. The molecule has 1 aliphatic heterocycles. The normalized spacial score (nSPS) is 17.6. The van der Waals surface area contributed by atoms with Gasteiger partial charge in [-0.3, -0.25) is 9.88 Å². The number of methoxy groups -OCH3 is 1. The molecule has 0 spiro atoms. The van der Waals surface area contributed by atoms with Crippen molar-refractivity contribution in [2.45, 2.75) is 27.3 Å². The van der Waals surface area contributed by atoms with E-state index in [2.05, 4.69) is 9.88 Å². The van der Waals surface area contributed by atoms with Crippen molar-refractivity contribution in [2.75, 3.05) is 39.0 Å². The zero-order valence-electron chi connectivity index (χ0n) is 13.8. The summed E-state index contributed by atoms with van der Waals surface area (Å²) in [4.78, 5) is 6.75. The van der Waals surface area contributed by atoms with Crippen LogP contribution in [0.4, 0.5) is 0 Å². The summed E-state index contributed by atoms with van der Waals surface area (Å²) < 4.78 is 30.8. The maximum atomic E-state index is 11.9. The Kier molecular flexibility index (Phi) is 5.41. The Hall–Kier alpha value is -1.18. The quantitative estimate of drug-likeness (QED) is 0.812. The summed E-state index contributed by atoms with van der Waals surface area (Å²) in [5, 5.41) is 0. The zero-order chi connectivity index (χ0) is 16.3. The number of aromatic nitrogens is 1. The van der Waals surface area contributed by atoms with E-state index in [4.69, 9.17) is 4.74 Å². The van der Waals surface area contributed by atoms with Crippen LogP contribution in [0.25, 0.3) is 0 Å². The molecular weight excluding hydrogens is 302 g/mol. The fourth-order valence-electron chi connectivity index (χ4n) is 2.79. The minimum Gasteiger partial charge on any atom is -0.496 e. The van der Waals surface area contributed by atoms with Crippen molar-refractivity contribution in [3.8, 4) is 5.75 Å². The molecule has 1 aliphatic rings. The van der Waals surface area contributed by atoms with Gasteiger partial charge >= 0.3 is 0 Å². The van der Waals surface area contributed by atoms with Gasteiger partial charge in [-0.05, 0) is 20.8 Å². The highest BCUT2D eigenvalue weighted by molar-refractivity contribution is 7.89. The van der Waals surface area contributed by atoms with Gasteiger partial charge in [-0.1, -0.05) is 0 Å². The monoisotopic (exact) mass is 327 g/mol. The molecule has 0 amide bonds. The molecule has 0 bridgehead atoms. The molecule has 22 heavy (non-hydrogen) atoms. The Morgan fingerprint density at radius 1 is 1.23 bits per heavy atom. The van der Waals surface area contributed by atoms with Crippen molar-refractivity contribution in [3.05, 3.63) is 23.0 Å². The highest BCUT2D eigenvalue weighted by Gasteiger charge is 2.26. The number of pyridine rings is 1. The van der Waals surface area contributed by atoms with Gasteiger partial charge in [0.25, 0.3) is 0 Å². The van der Waals surface area contributed by atoms with Crippen LogP contribution in [0.2, 0.25) is 0 Å². The summed E-state index contributed by atoms with van der Waals surface area (Å²) in [7, 11) is -1.40. The predicted molar refractivity (Wildman–Crippen MR) is 86.6 cm³/mol. The van der Waals surface area contributed by atoms with E-state index in [1.807, 2.05) is 20.0 Å². The maximum absolute atomic E-state index is 11.9. The first-order chi connectivity index (χ1) is 10.4. The smallest absolute Gasteiger partial charge is 0.213 e. The van der Waals surface area contributed by atoms with Gasteiger partial charge in [-0.25, -0.2) is 8.42 Å². The lowest BCUT2D eigenvalue weighted by molar-refractivity contribution is 0.179. The molecule has 7 heteroatoms. The molecule has 1 saturated heterocycles. The van der Waals surface area contributed by atoms with Crippen LogP contribution in [-0.2, 0) is 16.6 Å². The van der Waals surface area contributed by atoms with Gasteiger partial charge in [0, 0.05) is 50.0 Å². The Morgan fingerprint density at radius 2 is 1.86 bits per heavy atom. The summed E-state index contributed by atoms with van der Waals surface area (Å²) in [5.74, 6) is 1.06. The molecular formula is C15H25N3O3S. The lowest BCUT2D eigenvalue weighted by Gasteiger charge is -2.33. The molecule has 0 atom stereocenters. The first-order valence-electron chi connectivity index (χ1n) is 7.58. The SMILES string of the molecule is CCS(=O)(=O)N1CCN(Cc2ncc(C)c(OC)c2C)CC1. The molecule has 1 fully saturated rings. The van der Waals surface area contributed by atoms with E-state index in [1.54, 1.807) is 18.3 Å². The molecule has 0 N–H and O–H groups in total. The molecule has 2 rings (SSSR count). The minimum absolute atomic E-state index is 0.169. The first kappa shape index (κ1) is 17.2. The van der Waals surface area contributed by atoms with Crippen molar-refractivity contribution in [2.24, 2.45) is 0 Å². The predicted octanol–water partition coefficient (Wildman–Crippen LogP) is 1.17. The lowest BCUT2D eigenvalue weighted by atomic mass is 10.1. The second kappa shape index (κ2) is 6.93. The van der Waals surface area contributed by atoms with E-state index in [0.717, 1.165) is 42.2 Å². The standard InChI is InChI=1S/C15H25N3O3S/c1-5-22(19,20)18-8-6-17(7-9-18)11-14-13(3)15(21-4)12(2)10-16-14/h10H,5-9,11H2,1-4H3. The number of aryl methyl sites for hydroxylation is 1. The summed E-state index contributed by atoms with van der Waals surface area (Å²) >= 11 is 0. The fraction of sp³-hybridized carbons (Fsp3) is 0.667. The molecule has 0 aliphatic carbocycles. The number of rotatable bonds is 5. The largest absolute Gasteiger partial charge is 0.496 e. The van der Waals surface area contributed by atoms with Crippen LogP contribution < -0.4 is 4.74 Å². The van der Waals surface area contributed by atoms with Gasteiger partial charge in [0.2, 0.25) is 10.0 Å². The Morgan fingerprint density at radius 3 is 2.41 bits per heavy atom. The molecule has 124 valence electrons. The van der Waals surface area contributed by atoms with Crippen LogP contribution in [0, 0.1) is 13.8 Å². The van der Waals surface area contributed by atoms with E-state index in [1.165, 1.54) is 0 Å². The fourth-order valence-corrected chi connectivity index (χ4v) is 3.88. The minimum atomic E-state index is -3.07. The number of nitrogens with zero attached hydrogens (tertiary/aromatic N) is 3. The number of hydrogen-bond acceptors (Lipinski definition) is 5. The average molecular weight is 327 g/mol. The second-order valence-electron chi connectivity index (χ2n) is 5.62. The molecule has 0 saturated carbocycles. The molecule has 6 nitrogen and oxygen atoms in total. The van der Waals surface area contributed by atoms with Gasteiger partial charge in [-0.15, -0.1) is 0 Å². The van der Waals surface area contributed by atoms with Gasteiger partial charge in [-0.2, -0.15) is 4.31 Å². The summed E-state index contributed by atoms with van der Waals surface area (Å²) in [6.45, 7) is 8.99. The van der Waals surface area contributed by atoms with Gasteiger partial charge in [0.1, 0.15) is 5.75 Å². The first-order valence-corrected chi connectivity index (χ1v) is 9.19. The average Bonchev–Trinajstić information content (AvgIpc) is 2.51. The Balaban J connectivity index is 2.03. The van der Waals surface area contributed by atoms with Crippen LogP contribution >= 0.6 is 0 Å². The van der Waals surface area contributed by atoms with Crippen molar-refractivity contribution in [1.29, 1.82) is 0 Å². The number of sulfonamides is 1. The highest BCUT2D eigenvalue weighted by atomic mass is 32.2. The van der Waals surface area contributed by atoms with Crippen LogP contribution in [-0.4, -0.2) is 61.6 Å². The van der Waals surface area contributed by atoms with Crippen LogP contribution in [0.5, 0.6) is 5.75 Å². The third-order valence-corrected chi connectivity index (χ3v) is 6.09. The van der Waals surface area contributed by atoms with Crippen LogP contribution in [0.1, 0.15) is 23.7 Å². The second-order valence-corrected chi connectivity index (χ2v) is 7.88. The van der Waals surface area contributed by atoms with E-state index in [-0.39, 0.29) is 5.75 Å². The van der Waals surface area contributed by atoms with Crippen molar-refractivity contribution >= 4 is 10.0 Å². The maximum Gasteiger partial charge on any atom is 0.213 e. The van der Waals surface area contributed by atoms with Crippen LogP contribution in [0.15, 0.2) is 6.20 Å².